The standard InChI is InChI=1S/C17H12ClFN4O2/c18-14-4-2-1-3-11(14)9-22-16(24)20-15-10-21(17(25)23(15)22)13-7-5-12(19)6-8-13/h1-8H,9-10H2. The van der Waals surface area contributed by atoms with Crippen LogP contribution in [0.2, 0.25) is 5.02 Å². The number of fused-ring (bicyclic) bond motifs is 1. The second kappa shape index (κ2) is 5.86. The summed E-state index contributed by atoms with van der Waals surface area (Å²) in [5.41, 5.74) is 0.734. The molecule has 1 aliphatic heterocycles. The number of nitrogens with zero attached hydrogens (tertiary/aromatic N) is 4. The van der Waals surface area contributed by atoms with Crippen molar-refractivity contribution in [3.8, 4) is 0 Å². The number of amides is 1. The van der Waals surface area contributed by atoms with Crippen LogP contribution in [0.25, 0.3) is 0 Å². The second-order valence-corrected chi connectivity index (χ2v) is 6.02. The smallest absolute Gasteiger partial charge is 0.285 e. The summed E-state index contributed by atoms with van der Waals surface area (Å²) in [4.78, 5) is 30.3. The number of aromatic nitrogens is 3. The Morgan fingerprint density at radius 3 is 2.52 bits per heavy atom. The lowest BCUT2D eigenvalue weighted by Crippen LogP contribution is -2.34. The molecule has 8 heteroatoms. The van der Waals surface area contributed by atoms with Gasteiger partial charge in [0.1, 0.15) is 5.82 Å². The molecule has 25 heavy (non-hydrogen) atoms. The van der Waals surface area contributed by atoms with Crippen LogP contribution >= 0.6 is 11.6 Å². The molecule has 0 spiro atoms. The van der Waals surface area contributed by atoms with Gasteiger partial charge < -0.3 is 0 Å². The zero-order chi connectivity index (χ0) is 17.6. The zero-order valence-corrected chi connectivity index (χ0v) is 13.7. The van der Waals surface area contributed by atoms with E-state index in [2.05, 4.69) is 4.98 Å². The highest BCUT2D eigenvalue weighted by Crippen LogP contribution is 2.24. The molecule has 0 aliphatic carbocycles. The Morgan fingerprint density at radius 2 is 1.80 bits per heavy atom. The van der Waals surface area contributed by atoms with E-state index in [1.807, 2.05) is 0 Å². The third-order valence-electron chi connectivity index (χ3n) is 4.06. The first-order chi connectivity index (χ1) is 12.0. The molecule has 0 fully saturated rings. The average molecular weight is 359 g/mol. The Morgan fingerprint density at radius 1 is 1.08 bits per heavy atom. The summed E-state index contributed by atoms with van der Waals surface area (Å²) in [6.45, 7) is 0.281. The number of rotatable bonds is 3. The molecule has 0 unspecified atom stereocenters. The molecule has 0 saturated heterocycles. The number of carbonyl (C=O) groups is 1. The number of hydrogen-bond donors (Lipinski definition) is 0. The second-order valence-electron chi connectivity index (χ2n) is 5.62. The summed E-state index contributed by atoms with van der Waals surface area (Å²) in [6, 6.07) is 12.3. The van der Waals surface area contributed by atoms with Gasteiger partial charge in [0.25, 0.3) is 0 Å². The van der Waals surface area contributed by atoms with Crippen molar-refractivity contribution in [1.82, 2.24) is 14.3 Å². The Bertz CT molecular complexity index is 1030. The monoisotopic (exact) mass is 358 g/mol. The van der Waals surface area contributed by atoms with Crippen LogP contribution in [-0.2, 0) is 13.1 Å². The van der Waals surface area contributed by atoms with Crippen molar-refractivity contribution in [1.29, 1.82) is 0 Å². The van der Waals surface area contributed by atoms with Gasteiger partial charge in [0, 0.05) is 10.7 Å². The third kappa shape index (κ3) is 2.62. The van der Waals surface area contributed by atoms with Gasteiger partial charge in [-0.05, 0) is 35.9 Å². The zero-order valence-electron chi connectivity index (χ0n) is 12.9. The molecule has 0 atom stereocenters. The summed E-state index contributed by atoms with van der Waals surface area (Å²) >= 11 is 6.14. The maximum atomic E-state index is 13.1. The van der Waals surface area contributed by atoms with Crippen LogP contribution < -0.4 is 10.6 Å². The summed E-state index contributed by atoms with van der Waals surface area (Å²) in [7, 11) is 0. The highest BCUT2D eigenvalue weighted by atomic mass is 35.5. The molecule has 4 rings (SSSR count). The summed E-state index contributed by atoms with van der Waals surface area (Å²) in [5.74, 6) is -0.0462. The van der Waals surface area contributed by atoms with E-state index in [-0.39, 0.29) is 18.9 Å². The van der Waals surface area contributed by atoms with E-state index in [1.54, 1.807) is 24.3 Å². The topological polar surface area (TPSA) is 60.1 Å². The van der Waals surface area contributed by atoms with Crippen molar-refractivity contribution in [2.75, 3.05) is 4.90 Å². The number of hydrogen-bond acceptors (Lipinski definition) is 3. The molecule has 0 N–H and O–H groups in total. The van der Waals surface area contributed by atoms with Gasteiger partial charge >= 0.3 is 11.7 Å². The van der Waals surface area contributed by atoms with Gasteiger partial charge in [-0.2, -0.15) is 9.67 Å². The minimum atomic E-state index is -0.512. The highest BCUT2D eigenvalue weighted by molar-refractivity contribution is 6.31. The maximum Gasteiger partial charge on any atom is 0.364 e. The van der Waals surface area contributed by atoms with Crippen LogP contribution in [0.15, 0.2) is 53.3 Å². The lowest BCUT2D eigenvalue weighted by Gasteiger charge is -2.16. The van der Waals surface area contributed by atoms with Gasteiger partial charge in [-0.25, -0.2) is 18.7 Å². The normalized spacial score (nSPS) is 13.4. The van der Waals surface area contributed by atoms with E-state index in [9.17, 15) is 14.0 Å². The quantitative estimate of drug-likeness (QED) is 0.723. The molecule has 2 heterocycles. The summed E-state index contributed by atoms with van der Waals surface area (Å²) in [5, 5.41) is 0.505. The molecule has 0 saturated carbocycles. The van der Waals surface area contributed by atoms with E-state index in [4.69, 9.17) is 11.6 Å². The van der Waals surface area contributed by atoms with Crippen molar-refractivity contribution in [3.05, 3.63) is 81.2 Å². The number of halogens is 2. The van der Waals surface area contributed by atoms with E-state index in [1.165, 1.54) is 38.5 Å². The van der Waals surface area contributed by atoms with Gasteiger partial charge in [0.15, 0.2) is 5.82 Å². The molecule has 0 bridgehead atoms. The van der Waals surface area contributed by atoms with Crippen LogP contribution in [0.3, 0.4) is 0 Å². The fourth-order valence-electron chi connectivity index (χ4n) is 2.83. The third-order valence-corrected chi connectivity index (χ3v) is 4.43. The first-order valence-corrected chi connectivity index (χ1v) is 7.92. The number of anilines is 1. The minimum Gasteiger partial charge on any atom is -0.285 e. The predicted octanol–water partition coefficient (Wildman–Crippen LogP) is 2.87. The van der Waals surface area contributed by atoms with E-state index in [0.717, 1.165) is 0 Å². The largest absolute Gasteiger partial charge is 0.364 e. The highest BCUT2D eigenvalue weighted by Gasteiger charge is 2.33. The van der Waals surface area contributed by atoms with Gasteiger partial charge in [-0.3, -0.25) is 4.90 Å². The van der Waals surface area contributed by atoms with Crippen LogP contribution in [0.1, 0.15) is 11.4 Å². The van der Waals surface area contributed by atoms with Crippen molar-refractivity contribution in [2.45, 2.75) is 13.1 Å². The van der Waals surface area contributed by atoms with Gasteiger partial charge in [-0.15, -0.1) is 0 Å². The van der Waals surface area contributed by atoms with Gasteiger partial charge in [0.05, 0.1) is 13.1 Å². The van der Waals surface area contributed by atoms with Crippen molar-refractivity contribution in [3.63, 3.8) is 0 Å². The summed E-state index contributed by atoms with van der Waals surface area (Å²) < 4.78 is 15.6. The lowest BCUT2D eigenvalue weighted by atomic mass is 10.2. The molecule has 0 radical (unpaired) electrons. The van der Waals surface area contributed by atoms with Gasteiger partial charge in [-0.1, -0.05) is 29.8 Å². The molecule has 126 valence electrons. The molecular formula is C17H12ClFN4O2. The van der Waals surface area contributed by atoms with E-state index < -0.39 is 11.7 Å². The Balaban J connectivity index is 1.71. The number of carbonyl (C=O) groups excluding carboxylic acids is 1. The Kier molecular flexibility index (Phi) is 3.65. The maximum absolute atomic E-state index is 13.1. The fraction of sp³-hybridized carbons (Fsp3) is 0.118. The van der Waals surface area contributed by atoms with Crippen molar-refractivity contribution >= 4 is 23.3 Å². The molecule has 1 aromatic heterocycles. The molecular weight excluding hydrogens is 347 g/mol. The van der Waals surface area contributed by atoms with Crippen LogP contribution in [0, 0.1) is 5.82 Å². The Hall–Kier alpha value is -2.93. The minimum absolute atomic E-state index is 0.133. The predicted molar refractivity (Wildman–Crippen MR) is 90.4 cm³/mol. The Labute approximate surface area is 146 Å². The van der Waals surface area contributed by atoms with E-state index >= 15 is 0 Å². The van der Waals surface area contributed by atoms with Gasteiger partial charge in [0.2, 0.25) is 0 Å². The van der Waals surface area contributed by atoms with Crippen LogP contribution in [-0.4, -0.2) is 20.4 Å². The first kappa shape index (κ1) is 15.6. The molecule has 3 aromatic rings. The molecule has 2 aromatic carbocycles. The molecule has 6 nitrogen and oxygen atoms in total. The van der Waals surface area contributed by atoms with Crippen LogP contribution in [0.5, 0.6) is 0 Å². The molecule has 1 aliphatic rings. The van der Waals surface area contributed by atoms with Crippen LogP contribution in [0.4, 0.5) is 14.9 Å². The average Bonchev–Trinajstić information content (AvgIpc) is 3.07. The number of benzene rings is 2. The lowest BCUT2D eigenvalue weighted by molar-refractivity contribution is 0.244. The summed E-state index contributed by atoms with van der Waals surface area (Å²) in [6.07, 6.45) is 0. The van der Waals surface area contributed by atoms with Crippen molar-refractivity contribution < 1.29 is 9.18 Å². The molecule has 1 amide bonds. The van der Waals surface area contributed by atoms with Crippen molar-refractivity contribution in [2.24, 2.45) is 0 Å². The SMILES string of the molecule is O=C1N(c2ccc(F)cc2)Cc2nc(=O)n(Cc3ccccc3Cl)n21. The first-order valence-electron chi connectivity index (χ1n) is 7.54. The fourth-order valence-corrected chi connectivity index (χ4v) is 3.02. The van der Waals surface area contributed by atoms with E-state index in [0.29, 0.717) is 22.1 Å².